The van der Waals surface area contributed by atoms with Gasteiger partial charge < -0.3 is 18.5 Å². The SMILES string of the molecule is COc1ccc(C(C#N)(Cn2c(C)cc(=O)cc2C)O[Si](C)(C)C)cc1OCC1CC1. The Bertz CT molecular complexity index is 1020. The predicted molar refractivity (Wildman–Crippen MR) is 123 cm³/mol. The first-order valence-electron chi connectivity index (χ1n) is 10.7. The van der Waals surface area contributed by atoms with Crippen LogP contribution in [0.15, 0.2) is 35.1 Å². The second-order valence-corrected chi connectivity index (χ2v) is 13.8. The molecule has 0 spiro atoms. The summed E-state index contributed by atoms with van der Waals surface area (Å²) in [5, 5.41) is 10.4. The summed E-state index contributed by atoms with van der Waals surface area (Å²) in [6, 6.07) is 11.2. The van der Waals surface area contributed by atoms with Gasteiger partial charge in [-0.2, -0.15) is 5.26 Å². The van der Waals surface area contributed by atoms with Gasteiger partial charge in [-0.1, -0.05) is 6.07 Å². The van der Waals surface area contributed by atoms with Crippen LogP contribution >= 0.6 is 0 Å². The van der Waals surface area contributed by atoms with Crippen LogP contribution in [-0.2, 0) is 16.6 Å². The topological polar surface area (TPSA) is 73.5 Å². The van der Waals surface area contributed by atoms with E-state index in [9.17, 15) is 10.1 Å². The molecule has 166 valence electrons. The van der Waals surface area contributed by atoms with E-state index in [1.807, 2.05) is 36.6 Å². The number of nitriles is 1. The van der Waals surface area contributed by atoms with Gasteiger partial charge in [0, 0.05) is 29.1 Å². The third kappa shape index (κ3) is 5.57. The smallest absolute Gasteiger partial charge is 0.188 e. The zero-order valence-electron chi connectivity index (χ0n) is 19.3. The maximum Gasteiger partial charge on any atom is 0.188 e. The second kappa shape index (κ2) is 8.89. The molecule has 0 N–H and O–H groups in total. The third-order valence-corrected chi connectivity index (χ3v) is 6.36. The molecule has 0 saturated heterocycles. The summed E-state index contributed by atoms with van der Waals surface area (Å²) < 4.78 is 20.1. The highest BCUT2D eigenvalue weighted by molar-refractivity contribution is 6.69. The number of nitrogens with zero attached hydrogens (tertiary/aromatic N) is 2. The van der Waals surface area contributed by atoms with Gasteiger partial charge in [0.05, 0.1) is 20.3 Å². The molecule has 1 aliphatic carbocycles. The van der Waals surface area contributed by atoms with Crippen molar-refractivity contribution in [3.8, 4) is 17.6 Å². The zero-order valence-corrected chi connectivity index (χ0v) is 20.3. The maximum atomic E-state index is 11.9. The van der Waals surface area contributed by atoms with Crippen LogP contribution in [-0.4, -0.2) is 26.6 Å². The Kier molecular flexibility index (Phi) is 6.63. The molecule has 2 aromatic rings. The molecule has 1 atom stereocenters. The van der Waals surface area contributed by atoms with Crippen LogP contribution in [0.4, 0.5) is 0 Å². The summed E-state index contributed by atoms with van der Waals surface area (Å²) >= 11 is 0. The number of methoxy groups -OCH3 is 1. The fourth-order valence-corrected chi connectivity index (χ4v) is 4.99. The van der Waals surface area contributed by atoms with Gasteiger partial charge in [-0.25, -0.2) is 0 Å². The van der Waals surface area contributed by atoms with E-state index >= 15 is 0 Å². The van der Waals surface area contributed by atoms with Gasteiger partial charge in [0.15, 0.2) is 30.8 Å². The van der Waals surface area contributed by atoms with Gasteiger partial charge in [0.2, 0.25) is 0 Å². The average Bonchev–Trinajstić information content (AvgIpc) is 3.51. The highest BCUT2D eigenvalue weighted by Crippen LogP contribution is 2.38. The van der Waals surface area contributed by atoms with Crippen molar-refractivity contribution in [2.75, 3.05) is 13.7 Å². The lowest BCUT2D eigenvalue weighted by atomic mass is 9.94. The van der Waals surface area contributed by atoms with Crippen LogP contribution in [0, 0.1) is 31.1 Å². The summed E-state index contributed by atoms with van der Waals surface area (Å²) in [7, 11) is -0.518. The lowest BCUT2D eigenvalue weighted by molar-refractivity contribution is 0.0960. The minimum Gasteiger partial charge on any atom is -0.493 e. The van der Waals surface area contributed by atoms with E-state index in [4.69, 9.17) is 13.9 Å². The van der Waals surface area contributed by atoms with Crippen LogP contribution in [0.1, 0.15) is 29.8 Å². The Labute approximate surface area is 185 Å². The Morgan fingerprint density at radius 2 is 1.77 bits per heavy atom. The van der Waals surface area contributed by atoms with E-state index in [-0.39, 0.29) is 12.0 Å². The molecule has 1 aliphatic rings. The second-order valence-electron chi connectivity index (χ2n) is 9.33. The molecule has 1 saturated carbocycles. The Morgan fingerprint density at radius 1 is 1.13 bits per heavy atom. The van der Waals surface area contributed by atoms with Crippen molar-refractivity contribution in [3.63, 3.8) is 0 Å². The molecule has 1 aromatic carbocycles. The van der Waals surface area contributed by atoms with E-state index in [0.717, 1.165) is 17.0 Å². The summed E-state index contributed by atoms with van der Waals surface area (Å²) in [6.07, 6.45) is 2.38. The molecule has 0 bridgehead atoms. The van der Waals surface area contributed by atoms with Crippen LogP contribution in [0.25, 0.3) is 0 Å². The molecule has 1 aromatic heterocycles. The minimum absolute atomic E-state index is 0.0415. The van der Waals surface area contributed by atoms with Crippen molar-refractivity contribution in [2.45, 2.75) is 58.5 Å². The molecule has 3 rings (SSSR count). The number of hydrogen-bond acceptors (Lipinski definition) is 5. The number of ether oxygens (including phenoxy) is 2. The molecule has 0 amide bonds. The van der Waals surface area contributed by atoms with Crippen molar-refractivity contribution >= 4 is 8.32 Å². The highest BCUT2D eigenvalue weighted by Gasteiger charge is 2.40. The Morgan fingerprint density at radius 3 is 2.29 bits per heavy atom. The van der Waals surface area contributed by atoms with E-state index in [0.29, 0.717) is 24.0 Å². The predicted octanol–water partition coefficient (Wildman–Crippen LogP) is 4.53. The minimum atomic E-state index is -2.13. The van der Waals surface area contributed by atoms with Gasteiger partial charge >= 0.3 is 0 Å². The number of hydrogen-bond donors (Lipinski definition) is 0. The number of pyridine rings is 1. The van der Waals surface area contributed by atoms with Crippen molar-refractivity contribution in [1.82, 2.24) is 4.57 Å². The molecular formula is C24H32N2O4Si. The first kappa shape index (κ1) is 23.1. The third-order valence-electron chi connectivity index (χ3n) is 5.40. The number of benzene rings is 1. The molecule has 1 unspecified atom stereocenters. The molecule has 1 fully saturated rings. The van der Waals surface area contributed by atoms with E-state index in [1.54, 1.807) is 19.2 Å². The fraction of sp³-hybridized carbons (Fsp3) is 0.500. The maximum absolute atomic E-state index is 11.9. The van der Waals surface area contributed by atoms with E-state index in [1.165, 1.54) is 12.8 Å². The van der Waals surface area contributed by atoms with Crippen LogP contribution in [0.2, 0.25) is 19.6 Å². The van der Waals surface area contributed by atoms with Crippen molar-refractivity contribution < 1.29 is 13.9 Å². The largest absolute Gasteiger partial charge is 0.493 e. The monoisotopic (exact) mass is 440 g/mol. The summed E-state index contributed by atoms with van der Waals surface area (Å²) in [6.45, 7) is 10.9. The lowest BCUT2D eigenvalue weighted by Gasteiger charge is -2.36. The summed E-state index contributed by atoms with van der Waals surface area (Å²) in [5.41, 5.74) is 1.05. The Hall–Kier alpha value is -2.56. The quantitative estimate of drug-likeness (QED) is 0.536. The number of aryl methyl sites for hydroxylation is 2. The first-order chi connectivity index (χ1) is 14.6. The van der Waals surface area contributed by atoms with E-state index < -0.39 is 13.9 Å². The molecule has 0 radical (unpaired) electrons. The van der Waals surface area contributed by atoms with Gasteiger partial charge in [-0.3, -0.25) is 4.79 Å². The standard InChI is InChI=1S/C24H32N2O4Si/c1-17-11-21(27)12-18(2)26(17)16-24(15-25,30-31(4,5)6)20-9-10-22(28-3)23(13-20)29-14-19-7-8-19/h9-13,19H,7-8,14,16H2,1-6H3. The summed E-state index contributed by atoms with van der Waals surface area (Å²) in [5.74, 6) is 1.86. The van der Waals surface area contributed by atoms with E-state index in [2.05, 4.69) is 25.7 Å². The summed E-state index contributed by atoms with van der Waals surface area (Å²) in [4.78, 5) is 11.9. The highest BCUT2D eigenvalue weighted by atomic mass is 28.4. The van der Waals surface area contributed by atoms with Gasteiger partial charge in [-0.05, 0) is 64.4 Å². The first-order valence-corrected chi connectivity index (χ1v) is 14.1. The van der Waals surface area contributed by atoms with Crippen molar-refractivity contribution in [3.05, 3.63) is 57.5 Å². The Balaban J connectivity index is 2.09. The molecule has 6 nitrogen and oxygen atoms in total. The number of aromatic nitrogens is 1. The number of rotatable bonds is 9. The molecular weight excluding hydrogens is 408 g/mol. The van der Waals surface area contributed by atoms with Crippen LogP contribution in [0.3, 0.4) is 0 Å². The van der Waals surface area contributed by atoms with Gasteiger partial charge in [-0.15, -0.1) is 0 Å². The zero-order chi connectivity index (χ0) is 22.8. The van der Waals surface area contributed by atoms with Gasteiger partial charge in [0.25, 0.3) is 0 Å². The van der Waals surface area contributed by atoms with Crippen molar-refractivity contribution in [2.24, 2.45) is 5.92 Å². The van der Waals surface area contributed by atoms with Crippen LogP contribution < -0.4 is 14.9 Å². The van der Waals surface area contributed by atoms with Crippen LogP contribution in [0.5, 0.6) is 11.5 Å². The molecule has 7 heteroatoms. The van der Waals surface area contributed by atoms with Crippen molar-refractivity contribution in [1.29, 1.82) is 5.26 Å². The lowest BCUT2D eigenvalue weighted by Crippen LogP contribution is -2.43. The molecule has 1 heterocycles. The average molecular weight is 441 g/mol. The molecule has 31 heavy (non-hydrogen) atoms. The fourth-order valence-electron chi connectivity index (χ4n) is 3.72. The normalized spacial score (nSPS) is 15.8. The van der Waals surface area contributed by atoms with Gasteiger partial charge in [0.1, 0.15) is 6.07 Å². The molecule has 0 aliphatic heterocycles.